The first kappa shape index (κ1) is 19.0. The SMILES string of the molecule is CCCC1=CCC(c2cc3c(c(F)c2F)-c2c(cc(C)c(F)c2F)CC3)CO1. The van der Waals surface area contributed by atoms with Crippen molar-refractivity contribution in [1.29, 1.82) is 0 Å². The van der Waals surface area contributed by atoms with Crippen LogP contribution in [0.1, 0.15) is 54.4 Å². The number of ether oxygens (including phenoxy) is 1. The Morgan fingerprint density at radius 3 is 2.18 bits per heavy atom. The molecule has 0 fully saturated rings. The molecule has 4 rings (SSSR count). The smallest absolute Gasteiger partial charge is 0.167 e. The van der Waals surface area contributed by atoms with Crippen LogP contribution in [0.3, 0.4) is 0 Å². The van der Waals surface area contributed by atoms with Gasteiger partial charge in [-0.2, -0.15) is 0 Å². The minimum atomic E-state index is -1.10. The standard InChI is InChI=1S/C23H22F4O/c1-3-4-16-8-7-15(11-28-16)17-10-14-6-5-13-9-12(2)20(24)22(26)18(13)19(14)23(27)21(17)25/h8-10,15H,3-7,11H2,1-2H3. The highest BCUT2D eigenvalue weighted by molar-refractivity contribution is 5.75. The van der Waals surface area contributed by atoms with E-state index in [-0.39, 0.29) is 28.2 Å². The molecule has 2 aromatic carbocycles. The number of hydrogen-bond donors (Lipinski definition) is 0. The monoisotopic (exact) mass is 390 g/mol. The molecular weight excluding hydrogens is 368 g/mol. The predicted molar refractivity (Wildman–Crippen MR) is 100 cm³/mol. The lowest BCUT2D eigenvalue weighted by atomic mass is 9.81. The highest BCUT2D eigenvalue weighted by Gasteiger charge is 2.31. The van der Waals surface area contributed by atoms with E-state index in [4.69, 9.17) is 4.74 Å². The summed E-state index contributed by atoms with van der Waals surface area (Å²) in [6, 6.07) is 3.14. The second-order valence-corrected chi connectivity index (χ2v) is 7.65. The number of aryl methyl sites for hydroxylation is 3. The molecule has 0 radical (unpaired) electrons. The van der Waals surface area contributed by atoms with Gasteiger partial charge >= 0.3 is 0 Å². The fourth-order valence-electron chi connectivity index (χ4n) is 4.27. The molecule has 2 aliphatic rings. The Kier molecular flexibility index (Phi) is 4.94. The van der Waals surface area contributed by atoms with Crippen LogP contribution in [0.4, 0.5) is 17.6 Å². The Morgan fingerprint density at radius 2 is 1.57 bits per heavy atom. The molecule has 1 nitrogen and oxygen atoms in total. The van der Waals surface area contributed by atoms with Crippen LogP contribution in [-0.2, 0) is 17.6 Å². The minimum Gasteiger partial charge on any atom is -0.498 e. The molecule has 5 heteroatoms. The molecule has 0 aromatic heterocycles. The summed E-state index contributed by atoms with van der Waals surface area (Å²) in [5, 5.41) is 0. The molecule has 28 heavy (non-hydrogen) atoms. The summed E-state index contributed by atoms with van der Waals surface area (Å²) in [7, 11) is 0. The second-order valence-electron chi connectivity index (χ2n) is 7.65. The number of benzene rings is 2. The van der Waals surface area contributed by atoms with Gasteiger partial charge in [0, 0.05) is 23.5 Å². The van der Waals surface area contributed by atoms with Crippen LogP contribution < -0.4 is 0 Å². The molecule has 0 saturated heterocycles. The average Bonchev–Trinajstić information content (AvgIpc) is 2.69. The van der Waals surface area contributed by atoms with Crippen molar-refractivity contribution in [2.45, 2.75) is 51.9 Å². The lowest BCUT2D eigenvalue weighted by Gasteiger charge is -2.27. The third-order valence-electron chi connectivity index (χ3n) is 5.74. The van der Waals surface area contributed by atoms with E-state index in [2.05, 4.69) is 6.92 Å². The van der Waals surface area contributed by atoms with Gasteiger partial charge in [-0.1, -0.05) is 19.1 Å². The topological polar surface area (TPSA) is 9.23 Å². The normalized spacial score (nSPS) is 18.2. The largest absolute Gasteiger partial charge is 0.498 e. The van der Waals surface area contributed by atoms with Gasteiger partial charge in [-0.25, -0.2) is 17.6 Å². The Labute approximate surface area is 162 Å². The summed E-state index contributed by atoms with van der Waals surface area (Å²) in [4.78, 5) is 0. The van der Waals surface area contributed by atoms with E-state index in [1.54, 1.807) is 6.07 Å². The van der Waals surface area contributed by atoms with E-state index in [0.29, 0.717) is 37.0 Å². The van der Waals surface area contributed by atoms with E-state index in [9.17, 15) is 13.2 Å². The van der Waals surface area contributed by atoms with Crippen molar-refractivity contribution in [1.82, 2.24) is 0 Å². The van der Waals surface area contributed by atoms with Gasteiger partial charge in [0.1, 0.15) is 0 Å². The molecule has 0 saturated carbocycles. The summed E-state index contributed by atoms with van der Waals surface area (Å²) < 4.78 is 64.4. The molecule has 1 aliphatic carbocycles. The van der Waals surface area contributed by atoms with Gasteiger partial charge in [-0.05, 0) is 60.9 Å². The zero-order valence-electron chi connectivity index (χ0n) is 16.0. The van der Waals surface area contributed by atoms with Crippen LogP contribution in [0.25, 0.3) is 11.1 Å². The number of halogens is 4. The molecule has 148 valence electrons. The van der Waals surface area contributed by atoms with Crippen molar-refractivity contribution in [3.05, 3.63) is 69.5 Å². The average molecular weight is 390 g/mol. The maximum atomic E-state index is 15.1. The van der Waals surface area contributed by atoms with Crippen LogP contribution in [0.15, 0.2) is 24.0 Å². The summed E-state index contributed by atoms with van der Waals surface area (Å²) in [5.41, 5.74) is 1.18. The van der Waals surface area contributed by atoms with Crippen LogP contribution in [0.5, 0.6) is 0 Å². The van der Waals surface area contributed by atoms with Gasteiger partial charge in [0.05, 0.1) is 12.4 Å². The summed E-state index contributed by atoms with van der Waals surface area (Å²) in [5.74, 6) is -3.60. The maximum absolute atomic E-state index is 15.1. The third kappa shape index (κ3) is 3.01. The van der Waals surface area contributed by atoms with E-state index in [0.717, 1.165) is 18.6 Å². The van der Waals surface area contributed by atoms with Crippen LogP contribution in [0, 0.1) is 30.2 Å². The predicted octanol–water partition coefficient (Wildman–Crippen LogP) is 6.50. The molecular formula is C23H22F4O. The quantitative estimate of drug-likeness (QED) is 0.543. The van der Waals surface area contributed by atoms with Crippen molar-refractivity contribution in [3.8, 4) is 11.1 Å². The van der Waals surface area contributed by atoms with Crippen molar-refractivity contribution < 1.29 is 22.3 Å². The van der Waals surface area contributed by atoms with Crippen molar-refractivity contribution in [2.75, 3.05) is 6.61 Å². The van der Waals surface area contributed by atoms with Gasteiger partial charge in [0.15, 0.2) is 23.3 Å². The lowest BCUT2D eigenvalue weighted by molar-refractivity contribution is 0.164. The Balaban J connectivity index is 1.79. The highest BCUT2D eigenvalue weighted by atomic mass is 19.2. The first-order valence-electron chi connectivity index (χ1n) is 9.72. The van der Waals surface area contributed by atoms with Crippen LogP contribution in [0.2, 0.25) is 0 Å². The number of hydrogen-bond acceptors (Lipinski definition) is 1. The summed E-state index contributed by atoms with van der Waals surface area (Å²) in [6.45, 7) is 3.81. The van der Waals surface area contributed by atoms with Crippen LogP contribution in [-0.4, -0.2) is 6.61 Å². The molecule has 0 amide bonds. The maximum Gasteiger partial charge on any atom is 0.167 e. The minimum absolute atomic E-state index is 0.141. The fraction of sp³-hybridized carbons (Fsp3) is 0.391. The lowest BCUT2D eigenvalue weighted by Crippen LogP contribution is -2.17. The Morgan fingerprint density at radius 1 is 0.929 bits per heavy atom. The molecule has 2 aromatic rings. The van der Waals surface area contributed by atoms with E-state index in [1.807, 2.05) is 6.08 Å². The second kappa shape index (κ2) is 7.26. The Hall–Kier alpha value is -2.30. The number of rotatable bonds is 3. The molecule has 0 spiro atoms. The Bertz CT molecular complexity index is 978. The van der Waals surface area contributed by atoms with Crippen molar-refractivity contribution in [3.63, 3.8) is 0 Å². The zero-order chi connectivity index (χ0) is 20.0. The van der Waals surface area contributed by atoms with Crippen LogP contribution >= 0.6 is 0 Å². The van der Waals surface area contributed by atoms with Crippen molar-refractivity contribution >= 4 is 0 Å². The van der Waals surface area contributed by atoms with Gasteiger partial charge < -0.3 is 4.74 Å². The van der Waals surface area contributed by atoms with E-state index < -0.39 is 23.3 Å². The molecule has 1 heterocycles. The highest BCUT2D eigenvalue weighted by Crippen LogP contribution is 2.42. The zero-order valence-corrected chi connectivity index (χ0v) is 16.0. The van der Waals surface area contributed by atoms with Crippen molar-refractivity contribution in [2.24, 2.45) is 0 Å². The molecule has 1 aliphatic heterocycles. The molecule has 0 bridgehead atoms. The number of fused-ring (bicyclic) bond motifs is 3. The third-order valence-corrected chi connectivity index (χ3v) is 5.74. The molecule has 1 atom stereocenters. The first-order valence-corrected chi connectivity index (χ1v) is 9.72. The fourth-order valence-corrected chi connectivity index (χ4v) is 4.27. The van der Waals surface area contributed by atoms with Gasteiger partial charge in [-0.3, -0.25) is 0 Å². The molecule has 0 N–H and O–H groups in total. The van der Waals surface area contributed by atoms with Gasteiger partial charge in [-0.15, -0.1) is 0 Å². The first-order chi connectivity index (χ1) is 13.4. The van der Waals surface area contributed by atoms with Gasteiger partial charge in [0.25, 0.3) is 0 Å². The summed E-state index contributed by atoms with van der Waals surface area (Å²) >= 11 is 0. The number of allylic oxidation sites excluding steroid dienone is 2. The van der Waals surface area contributed by atoms with E-state index in [1.165, 1.54) is 13.0 Å². The summed E-state index contributed by atoms with van der Waals surface area (Å²) in [6.07, 6.45) is 5.22. The molecule has 1 unspecified atom stereocenters. The van der Waals surface area contributed by atoms with Gasteiger partial charge in [0.2, 0.25) is 0 Å². The van der Waals surface area contributed by atoms with E-state index >= 15 is 4.39 Å².